The smallest absolute Gasteiger partial charge is 0.236 e. The molecule has 0 unspecified atom stereocenters. The van der Waals surface area contributed by atoms with Crippen molar-refractivity contribution in [2.45, 2.75) is 32.5 Å². The zero-order valence-corrected chi connectivity index (χ0v) is 15.8. The number of hydrogen-bond acceptors (Lipinski definition) is 7. The van der Waals surface area contributed by atoms with Gasteiger partial charge >= 0.3 is 0 Å². The van der Waals surface area contributed by atoms with E-state index in [1.165, 1.54) is 28.7 Å². The molecular formula is C16H18N6OS2. The normalized spacial score (nSPS) is 10.8. The number of nitrogens with one attached hydrogen (secondary N) is 1. The number of hydrogen-bond donors (Lipinski definition) is 1. The van der Waals surface area contributed by atoms with Gasteiger partial charge in [0.2, 0.25) is 11.0 Å². The number of amides is 1. The quantitative estimate of drug-likeness (QED) is 0.667. The average molecular weight is 374 g/mol. The summed E-state index contributed by atoms with van der Waals surface area (Å²) in [5.41, 5.74) is 2.21. The first-order valence-electron chi connectivity index (χ1n) is 7.80. The number of rotatable bonds is 6. The minimum Gasteiger partial charge on any atom is -0.302 e. The minimum atomic E-state index is -0.135. The van der Waals surface area contributed by atoms with Gasteiger partial charge in [-0.2, -0.15) is 0 Å². The van der Waals surface area contributed by atoms with Crippen molar-refractivity contribution in [1.29, 1.82) is 0 Å². The molecule has 0 atom stereocenters. The number of thioether (sulfide) groups is 1. The van der Waals surface area contributed by atoms with Crippen molar-refractivity contribution in [3.05, 3.63) is 34.8 Å². The fraction of sp³-hybridized carbons (Fsp3) is 0.312. The van der Waals surface area contributed by atoms with E-state index in [9.17, 15) is 4.79 Å². The van der Waals surface area contributed by atoms with Crippen molar-refractivity contribution in [1.82, 2.24) is 25.0 Å². The summed E-state index contributed by atoms with van der Waals surface area (Å²) in [5.74, 6) is 0.916. The van der Waals surface area contributed by atoms with Crippen LogP contribution in [0.15, 0.2) is 29.4 Å². The van der Waals surface area contributed by atoms with Gasteiger partial charge < -0.3 is 4.57 Å². The molecule has 0 spiro atoms. The van der Waals surface area contributed by atoms with Gasteiger partial charge in [0.15, 0.2) is 11.0 Å². The standard InChI is InChI=1S/C16H18N6OS2/c1-4-22-14(12-7-5-10(2)6-8-12)19-21-16(22)24-9-13(23)17-15-20-18-11(3)25-15/h5-8H,4,9H2,1-3H3,(H,17,20,23). The highest BCUT2D eigenvalue weighted by molar-refractivity contribution is 7.99. The summed E-state index contributed by atoms with van der Waals surface area (Å²) < 4.78 is 2.01. The summed E-state index contributed by atoms with van der Waals surface area (Å²) in [6, 6.07) is 8.16. The Kier molecular flexibility index (Phi) is 5.44. The third-order valence-corrected chi connectivity index (χ3v) is 5.17. The predicted octanol–water partition coefficient (Wildman–Crippen LogP) is 3.16. The van der Waals surface area contributed by atoms with Crippen molar-refractivity contribution in [3.63, 3.8) is 0 Å². The number of nitrogens with zero attached hydrogens (tertiary/aromatic N) is 5. The topological polar surface area (TPSA) is 85.6 Å². The van der Waals surface area contributed by atoms with Crippen LogP contribution in [0.4, 0.5) is 5.13 Å². The van der Waals surface area contributed by atoms with Gasteiger partial charge in [-0.1, -0.05) is 52.9 Å². The first-order valence-corrected chi connectivity index (χ1v) is 9.60. The third-order valence-electron chi connectivity index (χ3n) is 3.45. The molecule has 1 N–H and O–H groups in total. The van der Waals surface area contributed by atoms with Crippen LogP contribution < -0.4 is 5.32 Å². The molecule has 1 aromatic carbocycles. The number of carbonyl (C=O) groups excluding carboxylic acids is 1. The Balaban J connectivity index is 1.68. The number of benzene rings is 1. The van der Waals surface area contributed by atoms with Crippen LogP contribution in [0.25, 0.3) is 11.4 Å². The Morgan fingerprint density at radius 1 is 1.16 bits per heavy atom. The molecule has 0 fully saturated rings. The lowest BCUT2D eigenvalue weighted by molar-refractivity contribution is -0.113. The number of carbonyl (C=O) groups is 1. The summed E-state index contributed by atoms with van der Waals surface area (Å²) in [4.78, 5) is 12.1. The molecule has 0 aliphatic heterocycles. The second-order valence-electron chi connectivity index (χ2n) is 5.38. The van der Waals surface area contributed by atoms with Crippen LogP contribution in [0.3, 0.4) is 0 Å². The fourth-order valence-corrected chi connectivity index (χ4v) is 3.64. The highest BCUT2D eigenvalue weighted by Gasteiger charge is 2.15. The van der Waals surface area contributed by atoms with E-state index in [0.717, 1.165) is 28.1 Å². The van der Waals surface area contributed by atoms with Gasteiger partial charge in [0.05, 0.1) is 5.75 Å². The van der Waals surface area contributed by atoms with Gasteiger partial charge in [0.1, 0.15) is 5.01 Å². The Morgan fingerprint density at radius 3 is 2.56 bits per heavy atom. The summed E-state index contributed by atoms with van der Waals surface area (Å²) in [5, 5.41) is 21.1. The van der Waals surface area contributed by atoms with E-state index in [0.29, 0.717) is 5.13 Å². The van der Waals surface area contributed by atoms with Gasteiger partial charge in [0.25, 0.3) is 0 Å². The first kappa shape index (κ1) is 17.6. The Labute approximate surface area is 153 Å². The largest absolute Gasteiger partial charge is 0.302 e. The van der Waals surface area contributed by atoms with Crippen LogP contribution in [-0.2, 0) is 11.3 Å². The summed E-state index contributed by atoms with van der Waals surface area (Å²) >= 11 is 2.71. The van der Waals surface area contributed by atoms with Crippen molar-refractivity contribution < 1.29 is 4.79 Å². The van der Waals surface area contributed by atoms with Crippen LogP contribution in [0.1, 0.15) is 17.5 Å². The maximum absolute atomic E-state index is 12.1. The van der Waals surface area contributed by atoms with Gasteiger partial charge in [-0.15, -0.1) is 20.4 Å². The monoisotopic (exact) mass is 374 g/mol. The molecule has 0 aliphatic carbocycles. The maximum Gasteiger partial charge on any atom is 0.236 e. The van der Waals surface area contributed by atoms with Crippen LogP contribution >= 0.6 is 23.1 Å². The van der Waals surface area contributed by atoms with Crippen molar-refractivity contribution in [2.24, 2.45) is 0 Å². The first-order chi connectivity index (χ1) is 12.1. The Bertz CT molecular complexity index is 871. The van der Waals surface area contributed by atoms with Crippen molar-refractivity contribution in [3.8, 4) is 11.4 Å². The van der Waals surface area contributed by atoms with Crippen LogP contribution in [0, 0.1) is 13.8 Å². The van der Waals surface area contributed by atoms with Crippen molar-refractivity contribution >= 4 is 34.1 Å². The molecule has 2 aromatic heterocycles. The molecule has 0 saturated heterocycles. The molecule has 1 amide bonds. The van der Waals surface area contributed by atoms with Gasteiger partial charge in [-0.3, -0.25) is 10.1 Å². The molecule has 130 valence electrons. The van der Waals surface area contributed by atoms with Gasteiger partial charge in [-0.25, -0.2) is 0 Å². The van der Waals surface area contributed by atoms with E-state index in [-0.39, 0.29) is 11.7 Å². The fourth-order valence-electron chi connectivity index (χ4n) is 2.23. The summed E-state index contributed by atoms with van der Waals surface area (Å²) in [6.07, 6.45) is 0. The Hall–Kier alpha value is -2.26. The lowest BCUT2D eigenvalue weighted by atomic mass is 10.1. The molecule has 2 heterocycles. The van der Waals surface area contributed by atoms with E-state index in [2.05, 4.69) is 25.7 Å². The second kappa shape index (κ2) is 7.75. The molecule has 3 aromatic rings. The van der Waals surface area contributed by atoms with Gasteiger partial charge in [0, 0.05) is 12.1 Å². The Morgan fingerprint density at radius 2 is 1.92 bits per heavy atom. The highest BCUT2D eigenvalue weighted by Crippen LogP contribution is 2.24. The van der Waals surface area contributed by atoms with E-state index >= 15 is 0 Å². The van der Waals surface area contributed by atoms with E-state index < -0.39 is 0 Å². The molecule has 7 nitrogen and oxygen atoms in total. The average Bonchev–Trinajstić information content (AvgIpc) is 3.19. The molecule has 0 radical (unpaired) electrons. The minimum absolute atomic E-state index is 0.135. The molecule has 3 rings (SSSR count). The summed E-state index contributed by atoms with van der Waals surface area (Å²) in [6.45, 7) is 6.66. The molecular weight excluding hydrogens is 356 g/mol. The lowest BCUT2D eigenvalue weighted by Crippen LogP contribution is -2.14. The predicted molar refractivity (Wildman–Crippen MR) is 99.9 cm³/mol. The molecule has 0 bridgehead atoms. The van der Waals surface area contributed by atoms with Crippen molar-refractivity contribution in [2.75, 3.05) is 11.1 Å². The summed E-state index contributed by atoms with van der Waals surface area (Å²) in [7, 11) is 0. The van der Waals surface area contributed by atoms with Crippen LogP contribution in [0.2, 0.25) is 0 Å². The second-order valence-corrected chi connectivity index (χ2v) is 7.50. The molecule has 25 heavy (non-hydrogen) atoms. The van der Waals surface area contributed by atoms with Gasteiger partial charge in [-0.05, 0) is 20.8 Å². The zero-order valence-electron chi connectivity index (χ0n) is 14.2. The SMILES string of the molecule is CCn1c(SCC(=O)Nc2nnc(C)s2)nnc1-c1ccc(C)cc1. The highest BCUT2D eigenvalue weighted by atomic mass is 32.2. The molecule has 9 heteroatoms. The van der Waals surface area contributed by atoms with E-state index in [1.807, 2.05) is 49.6 Å². The zero-order chi connectivity index (χ0) is 17.8. The lowest BCUT2D eigenvalue weighted by Gasteiger charge is -2.07. The number of aromatic nitrogens is 5. The third kappa shape index (κ3) is 4.23. The molecule has 0 saturated carbocycles. The van der Waals surface area contributed by atoms with E-state index in [1.54, 1.807) is 0 Å². The van der Waals surface area contributed by atoms with Crippen LogP contribution in [0.5, 0.6) is 0 Å². The molecule has 0 aliphatic rings. The van der Waals surface area contributed by atoms with E-state index in [4.69, 9.17) is 0 Å². The van der Waals surface area contributed by atoms with Crippen LogP contribution in [-0.4, -0.2) is 36.6 Å². The number of anilines is 1. The number of aryl methyl sites for hydroxylation is 2. The maximum atomic E-state index is 12.1.